The van der Waals surface area contributed by atoms with Crippen LogP contribution in [0.2, 0.25) is 0 Å². The maximum absolute atomic E-state index is 12.6. The predicted molar refractivity (Wildman–Crippen MR) is 97.0 cm³/mol. The van der Waals surface area contributed by atoms with Crippen LogP contribution in [-0.2, 0) is 16.6 Å². The molecule has 138 valence electrons. The average molecular weight is 374 g/mol. The highest BCUT2D eigenvalue weighted by atomic mass is 32.2. The second kappa shape index (κ2) is 7.92. The zero-order chi connectivity index (χ0) is 18.6. The largest absolute Gasteiger partial charge is 0.347 e. The first-order valence-electron chi connectivity index (χ1n) is 8.63. The van der Waals surface area contributed by atoms with Gasteiger partial charge >= 0.3 is 0 Å². The fourth-order valence-electron chi connectivity index (χ4n) is 2.82. The monoisotopic (exact) mass is 374 g/mol. The van der Waals surface area contributed by atoms with Crippen LogP contribution >= 0.6 is 0 Å². The third-order valence-corrected chi connectivity index (χ3v) is 6.26. The van der Waals surface area contributed by atoms with Gasteiger partial charge in [-0.1, -0.05) is 18.6 Å². The van der Waals surface area contributed by atoms with Crippen molar-refractivity contribution in [2.45, 2.75) is 37.6 Å². The first-order chi connectivity index (χ1) is 12.5. The van der Waals surface area contributed by atoms with Crippen LogP contribution in [0.1, 0.15) is 41.0 Å². The van der Waals surface area contributed by atoms with Gasteiger partial charge in [0.05, 0.1) is 16.8 Å². The van der Waals surface area contributed by atoms with Gasteiger partial charge < -0.3 is 5.32 Å². The van der Waals surface area contributed by atoms with Gasteiger partial charge in [0, 0.05) is 25.8 Å². The van der Waals surface area contributed by atoms with E-state index < -0.39 is 10.0 Å². The fourth-order valence-corrected chi connectivity index (χ4v) is 4.33. The second-order valence-electron chi connectivity index (χ2n) is 6.33. The lowest BCUT2D eigenvalue weighted by Crippen LogP contribution is -2.35. The quantitative estimate of drug-likeness (QED) is 0.863. The highest BCUT2D eigenvalue weighted by molar-refractivity contribution is 7.89. The Hall–Kier alpha value is -2.32. The smallest absolute Gasteiger partial charge is 0.271 e. The summed E-state index contributed by atoms with van der Waals surface area (Å²) in [7, 11) is -3.43. The van der Waals surface area contributed by atoms with Crippen molar-refractivity contribution in [3.63, 3.8) is 0 Å². The number of benzene rings is 1. The summed E-state index contributed by atoms with van der Waals surface area (Å²) in [4.78, 5) is 20.4. The number of carbonyl (C=O) groups excluding carboxylic acids is 1. The number of nitrogens with zero attached hydrogens (tertiary/aromatic N) is 3. The molecule has 1 amide bonds. The van der Waals surface area contributed by atoms with Crippen molar-refractivity contribution in [1.29, 1.82) is 0 Å². The van der Waals surface area contributed by atoms with Crippen LogP contribution in [0, 0.1) is 6.92 Å². The molecule has 2 heterocycles. The number of hydrogen-bond acceptors (Lipinski definition) is 5. The first-order valence-corrected chi connectivity index (χ1v) is 10.1. The normalized spacial score (nSPS) is 15.6. The number of nitrogens with one attached hydrogen (secondary N) is 1. The standard InChI is InChI=1S/C18H22N4O3S/c1-14-11-20-17(13-19-14)18(23)21-12-15-5-7-16(8-6-15)26(24,25)22-9-3-2-4-10-22/h5-8,11,13H,2-4,9-10,12H2,1H3,(H,21,23). The van der Waals surface area contributed by atoms with Crippen molar-refractivity contribution in [3.05, 3.63) is 53.6 Å². The summed E-state index contributed by atoms with van der Waals surface area (Å²) in [6, 6.07) is 6.63. The Balaban J connectivity index is 1.62. The number of amides is 1. The Labute approximate surface area is 153 Å². The van der Waals surface area contributed by atoms with E-state index in [1.165, 1.54) is 12.4 Å². The minimum atomic E-state index is -3.43. The molecule has 1 aliphatic rings. The molecular formula is C18H22N4O3S. The van der Waals surface area contributed by atoms with Gasteiger partial charge in [-0.3, -0.25) is 9.78 Å². The molecule has 1 aromatic carbocycles. The van der Waals surface area contributed by atoms with Gasteiger partial charge in [0.2, 0.25) is 10.0 Å². The molecule has 2 aromatic rings. The van der Waals surface area contributed by atoms with Crippen molar-refractivity contribution < 1.29 is 13.2 Å². The van der Waals surface area contributed by atoms with Gasteiger partial charge in [0.1, 0.15) is 5.69 Å². The highest BCUT2D eigenvalue weighted by Gasteiger charge is 2.25. The lowest BCUT2D eigenvalue weighted by atomic mass is 10.2. The average Bonchev–Trinajstić information content (AvgIpc) is 2.67. The van der Waals surface area contributed by atoms with E-state index in [0.29, 0.717) is 24.5 Å². The molecule has 0 aliphatic carbocycles. The Bertz CT molecular complexity index is 858. The SMILES string of the molecule is Cc1cnc(C(=O)NCc2ccc(S(=O)(=O)N3CCCCC3)cc2)cn1. The van der Waals surface area contributed by atoms with Crippen molar-refractivity contribution in [2.24, 2.45) is 0 Å². The van der Waals surface area contributed by atoms with E-state index in [9.17, 15) is 13.2 Å². The number of sulfonamides is 1. The number of piperidine rings is 1. The van der Waals surface area contributed by atoms with Crippen molar-refractivity contribution >= 4 is 15.9 Å². The van der Waals surface area contributed by atoms with Crippen LogP contribution in [0.4, 0.5) is 0 Å². The van der Waals surface area contributed by atoms with Crippen molar-refractivity contribution in [3.8, 4) is 0 Å². The van der Waals surface area contributed by atoms with Crippen LogP contribution in [0.3, 0.4) is 0 Å². The van der Waals surface area contributed by atoms with E-state index >= 15 is 0 Å². The summed E-state index contributed by atoms with van der Waals surface area (Å²) in [6.45, 7) is 3.25. The molecule has 0 radical (unpaired) electrons. The molecule has 0 unspecified atom stereocenters. The lowest BCUT2D eigenvalue weighted by molar-refractivity contribution is 0.0945. The van der Waals surface area contributed by atoms with Gasteiger partial charge in [-0.15, -0.1) is 0 Å². The third kappa shape index (κ3) is 4.25. The van der Waals surface area contributed by atoms with Crippen molar-refractivity contribution in [1.82, 2.24) is 19.6 Å². The van der Waals surface area contributed by atoms with Crippen LogP contribution in [0.5, 0.6) is 0 Å². The molecule has 0 saturated carbocycles. The molecule has 8 heteroatoms. The van der Waals surface area contributed by atoms with E-state index in [1.807, 2.05) is 0 Å². The van der Waals surface area contributed by atoms with Crippen LogP contribution in [0.25, 0.3) is 0 Å². The molecule has 1 aliphatic heterocycles. The summed E-state index contributed by atoms with van der Waals surface area (Å²) in [5.41, 5.74) is 1.81. The molecule has 0 atom stereocenters. The zero-order valence-corrected chi connectivity index (χ0v) is 15.5. The lowest BCUT2D eigenvalue weighted by Gasteiger charge is -2.25. The van der Waals surface area contributed by atoms with Crippen LogP contribution in [0.15, 0.2) is 41.6 Å². The van der Waals surface area contributed by atoms with Gasteiger partial charge in [-0.25, -0.2) is 13.4 Å². The minimum Gasteiger partial charge on any atom is -0.347 e. The Kier molecular flexibility index (Phi) is 5.63. The Morgan fingerprint density at radius 3 is 2.38 bits per heavy atom. The van der Waals surface area contributed by atoms with Crippen molar-refractivity contribution in [2.75, 3.05) is 13.1 Å². The van der Waals surface area contributed by atoms with E-state index in [0.717, 1.165) is 30.5 Å². The summed E-state index contributed by atoms with van der Waals surface area (Å²) in [5.74, 6) is -0.317. The van der Waals surface area contributed by atoms with E-state index in [2.05, 4.69) is 15.3 Å². The summed E-state index contributed by atoms with van der Waals surface area (Å²) in [6.07, 6.45) is 5.86. The minimum absolute atomic E-state index is 0.250. The van der Waals surface area contributed by atoms with Crippen LogP contribution < -0.4 is 5.32 Å². The number of rotatable bonds is 5. The number of aromatic nitrogens is 2. The molecule has 1 N–H and O–H groups in total. The van der Waals surface area contributed by atoms with Gasteiger partial charge in [-0.2, -0.15) is 4.31 Å². The third-order valence-electron chi connectivity index (χ3n) is 4.34. The fraction of sp³-hybridized carbons (Fsp3) is 0.389. The second-order valence-corrected chi connectivity index (χ2v) is 8.27. The van der Waals surface area contributed by atoms with E-state index in [4.69, 9.17) is 0 Å². The van der Waals surface area contributed by atoms with E-state index in [-0.39, 0.29) is 11.6 Å². The molecule has 3 rings (SSSR count). The highest BCUT2D eigenvalue weighted by Crippen LogP contribution is 2.20. The van der Waals surface area contributed by atoms with Crippen LogP contribution in [-0.4, -0.2) is 41.7 Å². The zero-order valence-electron chi connectivity index (χ0n) is 14.7. The summed E-state index contributed by atoms with van der Waals surface area (Å²) < 4.78 is 26.8. The molecule has 1 fully saturated rings. The van der Waals surface area contributed by atoms with Gasteiger partial charge in [0.25, 0.3) is 5.91 Å². The predicted octanol–water partition coefficient (Wildman–Crippen LogP) is 1.89. The number of carbonyl (C=O) groups is 1. The molecule has 0 spiro atoms. The summed E-state index contributed by atoms with van der Waals surface area (Å²) >= 11 is 0. The Morgan fingerprint density at radius 1 is 1.08 bits per heavy atom. The maximum atomic E-state index is 12.6. The first kappa shape index (κ1) is 18.5. The molecule has 26 heavy (non-hydrogen) atoms. The number of aryl methyl sites for hydroxylation is 1. The molecule has 1 aromatic heterocycles. The topological polar surface area (TPSA) is 92.3 Å². The van der Waals surface area contributed by atoms with Gasteiger partial charge in [0.15, 0.2) is 0 Å². The van der Waals surface area contributed by atoms with Gasteiger partial charge in [-0.05, 0) is 37.5 Å². The number of hydrogen-bond donors (Lipinski definition) is 1. The molecule has 1 saturated heterocycles. The Morgan fingerprint density at radius 2 is 1.77 bits per heavy atom. The summed E-state index contributed by atoms with van der Waals surface area (Å²) in [5, 5.41) is 2.75. The van der Waals surface area contributed by atoms with E-state index in [1.54, 1.807) is 35.5 Å². The maximum Gasteiger partial charge on any atom is 0.271 e. The molecule has 0 bridgehead atoms. The molecule has 7 nitrogen and oxygen atoms in total. The molecular weight excluding hydrogens is 352 g/mol.